The van der Waals surface area contributed by atoms with E-state index in [1.807, 2.05) is 0 Å². The highest BCUT2D eigenvalue weighted by molar-refractivity contribution is 7.99. The molecule has 0 aliphatic heterocycles. The van der Waals surface area contributed by atoms with Crippen LogP contribution in [0.25, 0.3) is 0 Å². The molecule has 1 rings (SSSR count). The molecule has 1 aromatic rings. The number of tetrazole rings is 1. The fourth-order valence-electron chi connectivity index (χ4n) is 0.779. The first-order valence-corrected chi connectivity index (χ1v) is 5.22. The molecule has 7 heteroatoms. The molecule has 0 atom stereocenters. The average molecular weight is 216 g/mol. The van der Waals surface area contributed by atoms with E-state index in [-0.39, 0.29) is 12.5 Å². The number of hydrogen-bond donors (Lipinski definition) is 0. The van der Waals surface area contributed by atoms with Crippen LogP contribution in [0.15, 0.2) is 5.16 Å². The Bertz CT molecular complexity index is 302. The first-order chi connectivity index (χ1) is 6.77. The topological polar surface area (TPSA) is 69.9 Å². The van der Waals surface area contributed by atoms with E-state index in [0.29, 0.717) is 5.16 Å². The first-order valence-electron chi connectivity index (χ1n) is 4.23. The summed E-state index contributed by atoms with van der Waals surface area (Å²) in [7, 11) is 1.34. The summed E-state index contributed by atoms with van der Waals surface area (Å²) in [6.45, 7) is 2.14. The van der Waals surface area contributed by atoms with E-state index in [2.05, 4.69) is 27.2 Å². The molecule has 14 heavy (non-hydrogen) atoms. The fraction of sp³-hybridized carbons (Fsp3) is 0.714. The Morgan fingerprint density at radius 1 is 1.64 bits per heavy atom. The molecule has 0 spiro atoms. The minimum atomic E-state index is -0.351. The van der Waals surface area contributed by atoms with Gasteiger partial charge in [0, 0.05) is 5.75 Å². The van der Waals surface area contributed by atoms with Crippen LogP contribution in [0, 0.1) is 0 Å². The van der Waals surface area contributed by atoms with Crippen molar-refractivity contribution in [2.45, 2.75) is 25.0 Å². The average Bonchev–Trinajstić information content (AvgIpc) is 2.62. The lowest BCUT2D eigenvalue weighted by atomic mass is 10.6. The van der Waals surface area contributed by atoms with E-state index in [1.165, 1.54) is 23.6 Å². The third kappa shape index (κ3) is 2.99. The standard InChI is InChI=1S/C7H12N4O2S/c1-3-4-14-7-8-9-10-11(7)5-6(12)13-2/h3-5H2,1-2H3. The molecular formula is C7H12N4O2S. The number of nitrogens with zero attached hydrogens (tertiary/aromatic N) is 4. The van der Waals surface area contributed by atoms with Crippen molar-refractivity contribution in [2.24, 2.45) is 0 Å². The monoisotopic (exact) mass is 216 g/mol. The Labute approximate surface area is 86.0 Å². The van der Waals surface area contributed by atoms with Crippen molar-refractivity contribution in [2.75, 3.05) is 12.9 Å². The molecule has 1 aromatic heterocycles. The van der Waals surface area contributed by atoms with Gasteiger partial charge < -0.3 is 4.74 Å². The maximum atomic E-state index is 11.0. The van der Waals surface area contributed by atoms with Gasteiger partial charge in [-0.15, -0.1) is 5.10 Å². The predicted molar refractivity (Wildman–Crippen MR) is 50.8 cm³/mol. The number of carbonyl (C=O) groups excluding carboxylic acids is 1. The number of thioether (sulfide) groups is 1. The highest BCUT2D eigenvalue weighted by Gasteiger charge is 2.09. The summed E-state index contributed by atoms with van der Waals surface area (Å²) in [6.07, 6.45) is 1.04. The molecule has 0 amide bonds. The minimum absolute atomic E-state index is 0.0650. The molecule has 0 saturated carbocycles. The summed E-state index contributed by atoms with van der Waals surface area (Å²) in [5, 5.41) is 11.6. The van der Waals surface area contributed by atoms with E-state index in [1.54, 1.807) is 0 Å². The van der Waals surface area contributed by atoms with Gasteiger partial charge in [0.25, 0.3) is 0 Å². The summed E-state index contributed by atoms with van der Waals surface area (Å²) in [5.41, 5.74) is 0. The van der Waals surface area contributed by atoms with Gasteiger partial charge in [0.15, 0.2) is 0 Å². The molecule has 0 aliphatic rings. The molecule has 6 nitrogen and oxygen atoms in total. The molecule has 0 radical (unpaired) electrons. The lowest BCUT2D eigenvalue weighted by Crippen LogP contribution is -2.13. The van der Waals surface area contributed by atoms with Crippen LogP contribution in [-0.2, 0) is 16.1 Å². The number of hydrogen-bond acceptors (Lipinski definition) is 6. The Morgan fingerprint density at radius 2 is 2.43 bits per heavy atom. The molecule has 78 valence electrons. The zero-order chi connectivity index (χ0) is 10.4. The largest absolute Gasteiger partial charge is 0.468 e. The fourth-order valence-corrected chi connectivity index (χ4v) is 1.51. The number of esters is 1. The second-order valence-corrected chi connectivity index (χ2v) is 3.61. The molecule has 0 saturated heterocycles. The second kappa shape index (κ2) is 5.58. The minimum Gasteiger partial charge on any atom is -0.468 e. The molecule has 1 heterocycles. The summed E-state index contributed by atoms with van der Waals surface area (Å²) >= 11 is 1.53. The third-order valence-electron chi connectivity index (χ3n) is 1.44. The van der Waals surface area contributed by atoms with Gasteiger partial charge in [-0.1, -0.05) is 18.7 Å². The predicted octanol–water partition coefficient (Wildman–Crippen LogP) is 0.348. The van der Waals surface area contributed by atoms with Gasteiger partial charge in [-0.25, -0.2) is 4.68 Å². The van der Waals surface area contributed by atoms with Gasteiger partial charge in [0.2, 0.25) is 5.16 Å². The Balaban J connectivity index is 2.57. The number of aromatic nitrogens is 4. The zero-order valence-corrected chi connectivity index (χ0v) is 8.95. The molecule has 0 aromatic carbocycles. The van der Waals surface area contributed by atoms with E-state index >= 15 is 0 Å². The molecule has 0 fully saturated rings. The van der Waals surface area contributed by atoms with Crippen LogP contribution in [0.2, 0.25) is 0 Å². The lowest BCUT2D eigenvalue weighted by Gasteiger charge is -2.01. The van der Waals surface area contributed by atoms with Crippen molar-refractivity contribution >= 4 is 17.7 Å². The van der Waals surface area contributed by atoms with Gasteiger partial charge >= 0.3 is 5.97 Å². The molecular weight excluding hydrogens is 204 g/mol. The highest BCUT2D eigenvalue weighted by atomic mass is 32.2. The number of rotatable bonds is 5. The van der Waals surface area contributed by atoms with Crippen LogP contribution in [0.3, 0.4) is 0 Å². The van der Waals surface area contributed by atoms with Gasteiger partial charge in [-0.2, -0.15) is 0 Å². The van der Waals surface area contributed by atoms with Gasteiger partial charge in [0.1, 0.15) is 6.54 Å². The Morgan fingerprint density at radius 3 is 3.07 bits per heavy atom. The Kier molecular flexibility index (Phi) is 4.37. The van der Waals surface area contributed by atoms with Crippen molar-refractivity contribution in [1.29, 1.82) is 0 Å². The normalized spacial score (nSPS) is 10.1. The van der Waals surface area contributed by atoms with Crippen LogP contribution in [-0.4, -0.2) is 39.0 Å². The maximum Gasteiger partial charge on any atom is 0.327 e. The zero-order valence-electron chi connectivity index (χ0n) is 8.13. The van der Waals surface area contributed by atoms with Crippen LogP contribution in [0.4, 0.5) is 0 Å². The number of methoxy groups -OCH3 is 1. The van der Waals surface area contributed by atoms with Gasteiger partial charge in [-0.05, 0) is 16.8 Å². The lowest BCUT2D eigenvalue weighted by molar-refractivity contribution is -0.141. The van der Waals surface area contributed by atoms with Crippen molar-refractivity contribution in [3.8, 4) is 0 Å². The van der Waals surface area contributed by atoms with Crippen molar-refractivity contribution in [1.82, 2.24) is 20.2 Å². The quantitative estimate of drug-likeness (QED) is 0.522. The van der Waals surface area contributed by atoms with Gasteiger partial charge in [0.05, 0.1) is 7.11 Å². The van der Waals surface area contributed by atoms with E-state index in [0.717, 1.165) is 12.2 Å². The van der Waals surface area contributed by atoms with E-state index < -0.39 is 0 Å². The maximum absolute atomic E-state index is 11.0. The molecule has 0 unspecified atom stereocenters. The SMILES string of the molecule is CCCSc1nnnn1CC(=O)OC. The summed E-state index contributed by atoms with van der Waals surface area (Å²) in [5.74, 6) is 0.581. The van der Waals surface area contributed by atoms with Crippen LogP contribution >= 0.6 is 11.8 Å². The number of ether oxygens (including phenoxy) is 1. The van der Waals surface area contributed by atoms with Crippen molar-refractivity contribution in [3.05, 3.63) is 0 Å². The van der Waals surface area contributed by atoms with Crippen molar-refractivity contribution in [3.63, 3.8) is 0 Å². The summed E-state index contributed by atoms with van der Waals surface area (Å²) in [6, 6.07) is 0. The van der Waals surface area contributed by atoms with Crippen molar-refractivity contribution < 1.29 is 9.53 Å². The van der Waals surface area contributed by atoms with E-state index in [4.69, 9.17) is 0 Å². The summed E-state index contributed by atoms with van der Waals surface area (Å²) in [4.78, 5) is 11.0. The molecule has 0 bridgehead atoms. The number of carbonyl (C=O) groups is 1. The van der Waals surface area contributed by atoms with Gasteiger partial charge in [-0.3, -0.25) is 4.79 Å². The van der Waals surface area contributed by atoms with Crippen LogP contribution < -0.4 is 0 Å². The first kappa shape index (κ1) is 11.0. The molecule has 0 aliphatic carbocycles. The highest BCUT2D eigenvalue weighted by Crippen LogP contribution is 2.13. The van der Waals surface area contributed by atoms with E-state index in [9.17, 15) is 4.79 Å². The second-order valence-electron chi connectivity index (χ2n) is 2.54. The van der Waals surface area contributed by atoms with Crippen LogP contribution in [0.5, 0.6) is 0 Å². The van der Waals surface area contributed by atoms with Crippen LogP contribution in [0.1, 0.15) is 13.3 Å². The smallest absolute Gasteiger partial charge is 0.327 e. The third-order valence-corrected chi connectivity index (χ3v) is 2.60. The Hall–Kier alpha value is -1.11. The molecule has 0 N–H and O–H groups in total. The summed E-state index contributed by atoms with van der Waals surface area (Å²) < 4.78 is 5.96.